The summed E-state index contributed by atoms with van der Waals surface area (Å²) in [7, 11) is 1.84. The van der Waals surface area contributed by atoms with Crippen molar-refractivity contribution in [3.8, 4) is 11.3 Å². The Morgan fingerprint density at radius 3 is 3.11 bits per heavy atom. The summed E-state index contributed by atoms with van der Waals surface area (Å²) in [5.74, 6) is 0.893. The second-order valence-corrected chi connectivity index (χ2v) is 4.83. The van der Waals surface area contributed by atoms with E-state index in [1.165, 1.54) is 6.07 Å². The first-order valence-electron chi connectivity index (χ1n) is 6.40. The minimum Gasteiger partial charge on any atom is -0.381 e. The van der Waals surface area contributed by atoms with E-state index in [-0.39, 0.29) is 11.5 Å². The zero-order valence-electron chi connectivity index (χ0n) is 10.8. The molecule has 19 heavy (non-hydrogen) atoms. The number of H-pyrrole nitrogens is 1. The number of hydrogen-bond acceptors (Lipinski definition) is 4. The third-order valence-electron chi connectivity index (χ3n) is 3.31. The van der Waals surface area contributed by atoms with Gasteiger partial charge >= 0.3 is 0 Å². The molecule has 0 aromatic carbocycles. The van der Waals surface area contributed by atoms with Crippen molar-refractivity contribution < 1.29 is 4.74 Å². The lowest BCUT2D eigenvalue weighted by molar-refractivity contribution is 0.0780. The molecule has 6 nitrogen and oxygen atoms in total. The maximum atomic E-state index is 11.8. The number of ether oxygens (including phenoxy) is 1. The molecule has 0 saturated carbocycles. The van der Waals surface area contributed by atoms with Crippen LogP contribution in [-0.4, -0.2) is 33.0 Å². The van der Waals surface area contributed by atoms with Gasteiger partial charge in [-0.1, -0.05) is 0 Å². The lowest BCUT2D eigenvalue weighted by Gasteiger charge is -2.21. The van der Waals surface area contributed by atoms with Gasteiger partial charge in [-0.15, -0.1) is 0 Å². The van der Waals surface area contributed by atoms with E-state index in [1.807, 2.05) is 13.2 Å². The van der Waals surface area contributed by atoms with Gasteiger partial charge in [0.1, 0.15) is 5.82 Å². The smallest absolute Gasteiger partial charge is 0.251 e. The summed E-state index contributed by atoms with van der Waals surface area (Å²) in [5.41, 5.74) is 1.39. The highest BCUT2D eigenvalue weighted by Gasteiger charge is 2.19. The molecule has 1 aliphatic heterocycles. The van der Waals surface area contributed by atoms with Crippen LogP contribution in [0.2, 0.25) is 0 Å². The molecule has 1 saturated heterocycles. The monoisotopic (exact) mass is 260 g/mol. The van der Waals surface area contributed by atoms with Crippen molar-refractivity contribution >= 4 is 0 Å². The zero-order valence-corrected chi connectivity index (χ0v) is 10.8. The fraction of sp³-hybridized carbons (Fsp3) is 0.462. The van der Waals surface area contributed by atoms with E-state index in [4.69, 9.17) is 4.74 Å². The molecule has 1 N–H and O–H groups in total. The molecule has 3 rings (SSSR count). The average Bonchev–Trinajstić information content (AvgIpc) is 2.86. The Labute approximate surface area is 110 Å². The predicted molar refractivity (Wildman–Crippen MR) is 69.9 cm³/mol. The topological polar surface area (TPSA) is 72.8 Å². The molecule has 100 valence electrons. The van der Waals surface area contributed by atoms with Crippen LogP contribution < -0.4 is 5.56 Å². The molecule has 3 heterocycles. The molecule has 0 radical (unpaired) electrons. The Kier molecular flexibility index (Phi) is 3.16. The molecule has 0 amide bonds. The summed E-state index contributed by atoms with van der Waals surface area (Å²) >= 11 is 0. The number of aromatic nitrogens is 4. The van der Waals surface area contributed by atoms with Crippen LogP contribution in [0, 0.1) is 0 Å². The summed E-state index contributed by atoms with van der Waals surface area (Å²) in [4.78, 5) is 19.1. The molecule has 1 atom stereocenters. The highest BCUT2D eigenvalue weighted by molar-refractivity contribution is 5.56. The Balaban J connectivity index is 1.98. The van der Waals surface area contributed by atoms with E-state index >= 15 is 0 Å². The molecule has 0 aliphatic carbocycles. The van der Waals surface area contributed by atoms with Crippen molar-refractivity contribution in [3.05, 3.63) is 34.6 Å². The van der Waals surface area contributed by atoms with Crippen LogP contribution in [-0.2, 0) is 11.8 Å². The van der Waals surface area contributed by atoms with Crippen molar-refractivity contribution in [1.29, 1.82) is 0 Å². The van der Waals surface area contributed by atoms with E-state index in [0.717, 1.165) is 25.0 Å². The van der Waals surface area contributed by atoms with Crippen molar-refractivity contribution in [3.63, 3.8) is 0 Å². The molecule has 2 aromatic rings. The number of aryl methyl sites for hydroxylation is 1. The van der Waals surface area contributed by atoms with Gasteiger partial charge < -0.3 is 9.72 Å². The maximum absolute atomic E-state index is 11.8. The predicted octanol–water partition coefficient (Wildman–Crippen LogP) is 1.06. The summed E-state index contributed by atoms with van der Waals surface area (Å²) in [5, 5.41) is 4.10. The van der Waals surface area contributed by atoms with Crippen molar-refractivity contribution in [1.82, 2.24) is 19.7 Å². The van der Waals surface area contributed by atoms with E-state index in [1.54, 1.807) is 10.9 Å². The number of nitrogens with zero attached hydrogens (tertiary/aromatic N) is 3. The van der Waals surface area contributed by atoms with Gasteiger partial charge in [0.05, 0.1) is 18.5 Å². The standard InChI is InChI=1S/C13H16N4O2/c1-17-7-10(6-14-17)11-5-12(18)16-13(15-11)9-3-2-4-19-8-9/h5-7,9H,2-4,8H2,1H3,(H,15,16,18). The highest BCUT2D eigenvalue weighted by Crippen LogP contribution is 2.23. The number of rotatable bonds is 2. The Morgan fingerprint density at radius 2 is 2.42 bits per heavy atom. The zero-order chi connectivity index (χ0) is 13.2. The fourth-order valence-electron chi connectivity index (χ4n) is 2.33. The molecule has 1 unspecified atom stereocenters. The second-order valence-electron chi connectivity index (χ2n) is 4.83. The second kappa shape index (κ2) is 4.97. The number of nitrogens with one attached hydrogen (secondary N) is 1. The Hall–Kier alpha value is -1.95. The van der Waals surface area contributed by atoms with Gasteiger partial charge in [0.2, 0.25) is 0 Å². The molecule has 0 bridgehead atoms. The van der Waals surface area contributed by atoms with Gasteiger partial charge in [-0.25, -0.2) is 4.98 Å². The largest absolute Gasteiger partial charge is 0.381 e. The molecule has 1 aliphatic rings. The van der Waals surface area contributed by atoms with Gasteiger partial charge in [-0.3, -0.25) is 9.48 Å². The van der Waals surface area contributed by atoms with Crippen LogP contribution in [0.3, 0.4) is 0 Å². The van der Waals surface area contributed by atoms with Gasteiger partial charge in [-0.2, -0.15) is 5.10 Å². The lowest BCUT2D eigenvalue weighted by atomic mass is 10.0. The van der Waals surface area contributed by atoms with Crippen LogP contribution in [0.5, 0.6) is 0 Å². The van der Waals surface area contributed by atoms with Gasteiger partial charge in [0.15, 0.2) is 0 Å². The van der Waals surface area contributed by atoms with Crippen LogP contribution in [0.25, 0.3) is 11.3 Å². The van der Waals surface area contributed by atoms with Crippen molar-refractivity contribution in [2.75, 3.05) is 13.2 Å². The van der Waals surface area contributed by atoms with Crippen molar-refractivity contribution in [2.45, 2.75) is 18.8 Å². The quantitative estimate of drug-likeness (QED) is 0.876. The van der Waals surface area contributed by atoms with Gasteiger partial charge in [0, 0.05) is 37.4 Å². The third-order valence-corrected chi connectivity index (χ3v) is 3.31. The summed E-state index contributed by atoms with van der Waals surface area (Å²) in [6.45, 7) is 1.42. The fourth-order valence-corrected chi connectivity index (χ4v) is 2.33. The minimum absolute atomic E-state index is 0.130. The molecule has 6 heteroatoms. The van der Waals surface area contributed by atoms with Crippen LogP contribution in [0.15, 0.2) is 23.3 Å². The van der Waals surface area contributed by atoms with Crippen LogP contribution >= 0.6 is 0 Å². The SMILES string of the molecule is Cn1cc(-c2cc(=O)[nH]c(C3CCCOC3)n2)cn1. The first-order chi connectivity index (χ1) is 9.22. The number of aromatic amines is 1. The van der Waals surface area contributed by atoms with Gasteiger partial charge in [0.25, 0.3) is 5.56 Å². The molecule has 0 spiro atoms. The molecular formula is C13H16N4O2. The van der Waals surface area contributed by atoms with Gasteiger partial charge in [-0.05, 0) is 12.8 Å². The normalized spacial score (nSPS) is 19.5. The van der Waals surface area contributed by atoms with E-state index in [0.29, 0.717) is 18.1 Å². The first kappa shape index (κ1) is 12.1. The van der Waals surface area contributed by atoms with Crippen LogP contribution in [0.1, 0.15) is 24.6 Å². The lowest BCUT2D eigenvalue weighted by Crippen LogP contribution is -2.21. The Bertz CT molecular complexity index is 626. The molecular weight excluding hydrogens is 244 g/mol. The maximum Gasteiger partial charge on any atom is 0.251 e. The third kappa shape index (κ3) is 2.58. The summed E-state index contributed by atoms with van der Waals surface area (Å²) in [6.07, 6.45) is 5.57. The van der Waals surface area contributed by atoms with Crippen LogP contribution in [0.4, 0.5) is 0 Å². The van der Waals surface area contributed by atoms with E-state index in [9.17, 15) is 4.79 Å². The summed E-state index contributed by atoms with van der Waals surface area (Å²) < 4.78 is 7.14. The molecule has 1 fully saturated rings. The molecule has 2 aromatic heterocycles. The van der Waals surface area contributed by atoms with E-state index in [2.05, 4.69) is 15.1 Å². The van der Waals surface area contributed by atoms with Crippen molar-refractivity contribution in [2.24, 2.45) is 7.05 Å². The number of hydrogen-bond donors (Lipinski definition) is 1. The highest BCUT2D eigenvalue weighted by atomic mass is 16.5. The first-order valence-corrected chi connectivity index (χ1v) is 6.40. The average molecular weight is 260 g/mol. The minimum atomic E-state index is -0.130. The summed E-state index contributed by atoms with van der Waals surface area (Å²) in [6, 6.07) is 1.50. The van der Waals surface area contributed by atoms with E-state index < -0.39 is 0 Å². The Morgan fingerprint density at radius 1 is 1.53 bits per heavy atom.